The molecule has 1 aromatic carbocycles. The average Bonchev–Trinajstić information content (AvgIpc) is 2.46. The van der Waals surface area contributed by atoms with Crippen LogP contribution in [0.25, 0.3) is 0 Å². The van der Waals surface area contributed by atoms with Crippen LogP contribution >= 0.6 is 11.6 Å². The predicted molar refractivity (Wildman–Crippen MR) is 82.0 cm³/mol. The summed E-state index contributed by atoms with van der Waals surface area (Å²) < 4.78 is 5.67. The van der Waals surface area contributed by atoms with Gasteiger partial charge in [-0.2, -0.15) is 0 Å². The number of ketones is 1. The van der Waals surface area contributed by atoms with Crippen molar-refractivity contribution in [1.82, 2.24) is 5.32 Å². The molecule has 0 saturated carbocycles. The largest absolute Gasteiger partial charge is 0.493 e. The van der Waals surface area contributed by atoms with E-state index >= 15 is 0 Å². The molecule has 1 atom stereocenters. The fraction of sp³-hybridized carbons (Fsp3) is 0.562. The Morgan fingerprint density at radius 2 is 2.25 bits per heavy atom. The molecule has 1 N–H and O–H groups in total. The molecule has 1 fully saturated rings. The topological polar surface area (TPSA) is 38.3 Å². The molecule has 1 aliphatic heterocycles. The van der Waals surface area contributed by atoms with Crippen LogP contribution in [0.15, 0.2) is 6.07 Å². The summed E-state index contributed by atoms with van der Waals surface area (Å²) in [5.41, 5.74) is 2.45. The van der Waals surface area contributed by atoms with Crippen molar-refractivity contribution in [2.24, 2.45) is 5.92 Å². The zero-order chi connectivity index (χ0) is 14.7. The Morgan fingerprint density at radius 1 is 1.50 bits per heavy atom. The van der Waals surface area contributed by atoms with Gasteiger partial charge in [-0.15, -0.1) is 0 Å². The summed E-state index contributed by atoms with van der Waals surface area (Å²) in [6.07, 6.45) is 1.97. The monoisotopic (exact) mass is 295 g/mol. The van der Waals surface area contributed by atoms with Crippen molar-refractivity contribution in [3.05, 3.63) is 27.8 Å². The highest BCUT2D eigenvalue weighted by atomic mass is 35.5. The van der Waals surface area contributed by atoms with E-state index in [1.165, 1.54) is 0 Å². The molecule has 0 aromatic heterocycles. The lowest BCUT2D eigenvalue weighted by Gasteiger charge is -2.24. The summed E-state index contributed by atoms with van der Waals surface area (Å²) in [7, 11) is 0. The van der Waals surface area contributed by atoms with Gasteiger partial charge < -0.3 is 10.1 Å². The van der Waals surface area contributed by atoms with Gasteiger partial charge in [0.1, 0.15) is 5.75 Å². The van der Waals surface area contributed by atoms with Crippen molar-refractivity contribution >= 4 is 17.4 Å². The molecule has 0 aliphatic carbocycles. The van der Waals surface area contributed by atoms with E-state index in [1.54, 1.807) is 0 Å². The third-order valence-corrected chi connectivity index (χ3v) is 4.44. The van der Waals surface area contributed by atoms with Gasteiger partial charge in [0.25, 0.3) is 0 Å². The van der Waals surface area contributed by atoms with Crippen molar-refractivity contribution < 1.29 is 9.53 Å². The highest BCUT2D eigenvalue weighted by Crippen LogP contribution is 2.34. The van der Waals surface area contributed by atoms with Crippen LogP contribution in [0.4, 0.5) is 0 Å². The van der Waals surface area contributed by atoms with E-state index in [-0.39, 0.29) is 11.7 Å². The number of nitrogens with one attached hydrogen (secondary N) is 1. The summed E-state index contributed by atoms with van der Waals surface area (Å²) in [4.78, 5) is 12.8. The number of Topliss-reactive ketones (excluding diaryl/α,β-unsaturated/α-hetero) is 1. The molecular formula is C16H22ClNO2. The Bertz CT molecular complexity index is 508. The number of carbonyl (C=O) groups excluding carboxylic acids is 1. The van der Waals surface area contributed by atoms with E-state index in [2.05, 4.69) is 5.32 Å². The number of rotatable bonds is 4. The molecule has 1 aromatic rings. The molecule has 2 rings (SSSR count). The Kier molecular flexibility index (Phi) is 5.06. The van der Waals surface area contributed by atoms with Gasteiger partial charge in [0.2, 0.25) is 0 Å². The van der Waals surface area contributed by atoms with E-state index in [9.17, 15) is 4.79 Å². The van der Waals surface area contributed by atoms with Crippen LogP contribution in [0.1, 0.15) is 41.3 Å². The van der Waals surface area contributed by atoms with Crippen LogP contribution in [-0.4, -0.2) is 25.5 Å². The third kappa shape index (κ3) is 2.99. The molecule has 1 aliphatic rings. The number of carbonyl (C=O) groups is 1. The first-order chi connectivity index (χ1) is 9.56. The smallest absolute Gasteiger partial charge is 0.171 e. The maximum atomic E-state index is 12.8. The van der Waals surface area contributed by atoms with Crippen LogP contribution in [0.3, 0.4) is 0 Å². The molecule has 20 heavy (non-hydrogen) atoms. The van der Waals surface area contributed by atoms with Crippen LogP contribution in [0.2, 0.25) is 5.02 Å². The van der Waals surface area contributed by atoms with Crippen molar-refractivity contribution in [3.8, 4) is 5.75 Å². The van der Waals surface area contributed by atoms with Gasteiger partial charge in [-0.1, -0.05) is 11.6 Å². The third-order valence-electron chi connectivity index (χ3n) is 3.86. The molecule has 1 saturated heterocycles. The van der Waals surface area contributed by atoms with E-state index < -0.39 is 0 Å². The van der Waals surface area contributed by atoms with Crippen molar-refractivity contribution in [2.45, 2.75) is 33.6 Å². The molecule has 3 nitrogen and oxygen atoms in total. The molecule has 0 radical (unpaired) electrons. The van der Waals surface area contributed by atoms with E-state index in [1.807, 2.05) is 26.8 Å². The number of halogens is 1. The Hall–Kier alpha value is -1.06. The number of piperidine rings is 1. The minimum atomic E-state index is 0.0282. The normalized spacial score (nSPS) is 18.9. The summed E-state index contributed by atoms with van der Waals surface area (Å²) >= 11 is 6.31. The lowest BCUT2D eigenvalue weighted by molar-refractivity contribution is 0.0895. The first-order valence-corrected chi connectivity index (χ1v) is 7.61. The second-order valence-corrected chi connectivity index (χ2v) is 5.72. The van der Waals surface area contributed by atoms with E-state index in [0.717, 1.165) is 37.1 Å². The molecule has 1 heterocycles. The zero-order valence-corrected chi connectivity index (χ0v) is 13.1. The first kappa shape index (κ1) is 15.3. The van der Waals surface area contributed by atoms with Gasteiger partial charge in [-0.25, -0.2) is 0 Å². The van der Waals surface area contributed by atoms with Gasteiger partial charge in [0.15, 0.2) is 5.78 Å². The standard InChI is InChI=1S/C16H22ClNO2/c1-4-20-13-8-10(2)15(17)11(3)14(13)16(19)12-6-5-7-18-9-12/h8,12,18H,4-7,9H2,1-3H3. The highest BCUT2D eigenvalue weighted by Gasteiger charge is 2.27. The predicted octanol–water partition coefficient (Wildman–Crippen LogP) is 3.54. The van der Waals surface area contributed by atoms with Gasteiger partial charge in [-0.3, -0.25) is 4.79 Å². The Balaban J connectivity index is 2.42. The molecule has 0 amide bonds. The van der Waals surface area contributed by atoms with E-state index in [0.29, 0.717) is 22.9 Å². The highest BCUT2D eigenvalue weighted by molar-refractivity contribution is 6.32. The van der Waals surface area contributed by atoms with Crippen molar-refractivity contribution in [2.75, 3.05) is 19.7 Å². The minimum Gasteiger partial charge on any atom is -0.493 e. The number of ether oxygens (including phenoxy) is 1. The molecule has 1 unspecified atom stereocenters. The van der Waals surface area contributed by atoms with Gasteiger partial charge in [0.05, 0.1) is 12.2 Å². The van der Waals surface area contributed by atoms with Crippen LogP contribution < -0.4 is 10.1 Å². The van der Waals surface area contributed by atoms with Crippen LogP contribution in [0.5, 0.6) is 5.75 Å². The Morgan fingerprint density at radius 3 is 2.85 bits per heavy atom. The molecule has 110 valence electrons. The lowest BCUT2D eigenvalue weighted by Crippen LogP contribution is -2.34. The summed E-state index contributed by atoms with van der Waals surface area (Å²) in [5.74, 6) is 0.850. The molecule has 0 bridgehead atoms. The van der Waals surface area contributed by atoms with Crippen LogP contribution in [-0.2, 0) is 0 Å². The SMILES string of the molecule is CCOc1cc(C)c(Cl)c(C)c1C(=O)C1CCCNC1. The van der Waals surface area contributed by atoms with E-state index in [4.69, 9.17) is 16.3 Å². The maximum absolute atomic E-state index is 12.8. The Labute approximate surface area is 125 Å². The molecular weight excluding hydrogens is 274 g/mol. The summed E-state index contributed by atoms with van der Waals surface area (Å²) in [6.45, 7) is 8.06. The van der Waals surface area contributed by atoms with Gasteiger partial charge in [-0.05, 0) is 57.4 Å². The quantitative estimate of drug-likeness (QED) is 0.864. The van der Waals surface area contributed by atoms with Gasteiger partial charge in [0, 0.05) is 17.5 Å². The molecule has 4 heteroatoms. The number of aryl methyl sites for hydroxylation is 1. The maximum Gasteiger partial charge on any atom is 0.171 e. The van der Waals surface area contributed by atoms with Crippen molar-refractivity contribution in [1.29, 1.82) is 0 Å². The summed E-state index contributed by atoms with van der Waals surface area (Å²) in [5, 5.41) is 3.95. The lowest BCUT2D eigenvalue weighted by atomic mass is 9.88. The first-order valence-electron chi connectivity index (χ1n) is 7.23. The zero-order valence-electron chi connectivity index (χ0n) is 12.4. The fourth-order valence-electron chi connectivity index (χ4n) is 2.78. The van der Waals surface area contributed by atoms with Gasteiger partial charge >= 0.3 is 0 Å². The summed E-state index contributed by atoms with van der Waals surface area (Å²) in [6, 6.07) is 1.88. The minimum absolute atomic E-state index is 0.0282. The number of benzene rings is 1. The number of hydrogen-bond acceptors (Lipinski definition) is 3. The average molecular weight is 296 g/mol. The van der Waals surface area contributed by atoms with Crippen LogP contribution in [0, 0.1) is 19.8 Å². The fourth-order valence-corrected chi connectivity index (χ4v) is 2.93. The number of hydrogen-bond donors (Lipinski definition) is 1. The van der Waals surface area contributed by atoms with Crippen molar-refractivity contribution in [3.63, 3.8) is 0 Å². The second-order valence-electron chi connectivity index (χ2n) is 5.35. The second kappa shape index (κ2) is 6.59. The molecule has 0 spiro atoms.